The molecule has 8 heteroatoms. The van der Waals surface area contributed by atoms with E-state index in [4.69, 9.17) is 19.2 Å². The summed E-state index contributed by atoms with van der Waals surface area (Å²) in [4.78, 5) is 24.9. The summed E-state index contributed by atoms with van der Waals surface area (Å²) in [5.74, 6) is 0.685. The minimum atomic E-state index is 0.0250. The van der Waals surface area contributed by atoms with Crippen molar-refractivity contribution in [2.75, 3.05) is 33.4 Å². The number of piperidine rings is 1. The molecule has 0 saturated carbocycles. The third kappa shape index (κ3) is 7.08. The second-order valence-electron chi connectivity index (χ2n) is 11.8. The van der Waals surface area contributed by atoms with Crippen LogP contribution in [0.25, 0.3) is 0 Å². The summed E-state index contributed by atoms with van der Waals surface area (Å²) in [6.07, 6.45) is 8.26. The molecule has 0 radical (unpaired) electrons. The second-order valence-corrected chi connectivity index (χ2v) is 11.8. The highest BCUT2D eigenvalue weighted by Crippen LogP contribution is 2.33. The summed E-state index contributed by atoms with van der Waals surface area (Å²) in [7, 11) is 1.75. The molecule has 0 aliphatic carbocycles. The normalized spacial score (nSPS) is 26.1. The first-order valence-electron chi connectivity index (χ1n) is 15.1. The van der Waals surface area contributed by atoms with Crippen molar-refractivity contribution in [3.05, 3.63) is 58.2 Å². The molecule has 40 heavy (non-hydrogen) atoms. The van der Waals surface area contributed by atoms with Crippen LogP contribution in [0.4, 0.5) is 0 Å². The Labute approximate surface area is 239 Å². The van der Waals surface area contributed by atoms with Crippen LogP contribution in [0.5, 0.6) is 0 Å². The van der Waals surface area contributed by atoms with Gasteiger partial charge in [0.25, 0.3) is 5.91 Å². The SMILES string of the molecule is CO[C@@H]1COCC[C@@H]1NC1CCN(C(=O)c2nc(C)nc(CC[C@H]3CCC[C@@H](c4cccc(C)c4)O3)c2C)CC1. The zero-order chi connectivity index (χ0) is 28.1. The van der Waals surface area contributed by atoms with Crippen LogP contribution >= 0.6 is 0 Å². The van der Waals surface area contributed by atoms with E-state index in [2.05, 4.69) is 41.5 Å². The Morgan fingerprint density at radius 2 is 1.93 bits per heavy atom. The molecule has 3 aliphatic heterocycles. The average Bonchev–Trinajstić information content (AvgIpc) is 2.98. The quantitative estimate of drug-likeness (QED) is 0.512. The van der Waals surface area contributed by atoms with E-state index in [0.717, 1.165) is 75.9 Å². The van der Waals surface area contributed by atoms with E-state index in [-0.39, 0.29) is 24.2 Å². The number of aryl methyl sites for hydroxylation is 3. The molecule has 8 nitrogen and oxygen atoms in total. The molecule has 218 valence electrons. The fourth-order valence-electron chi connectivity index (χ4n) is 6.50. The Bertz CT molecular complexity index is 1150. The Morgan fingerprint density at radius 1 is 1.10 bits per heavy atom. The number of methoxy groups -OCH3 is 1. The maximum absolute atomic E-state index is 13.6. The molecule has 3 fully saturated rings. The third-order valence-corrected chi connectivity index (χ3v) is 8.87. The van der Waals surface area contributed by atoms with Gasteiger partial charge in [-0.15, -0.1) is 0 Å². The van der Waals surface area contributed by atoms with Crippen LogP contribution in [0.15, 0.2) is 24.3 Å². The molecule has 0 bridgehead atoms. The van der Waals surface area contributed by atoms with E-state index < -0.39 is 0 Å². The number of carbonyl (C=O) groups excluding carboxylic acids is 1. The molecule has 2 aromatic rings. The summed E-state index contributed by atoms with van der Waals surface area (Å²) in [5, 5.41) is 3.77. The number of hydrogen-bond donors (Lipinski definition) is 1. The van der Waals surface area contributed by atoms with Gasteiger partial charge in [0.05, 0.1) is 24.9 Å². The number of carbonyl (C=O) groups is 1. The fourth-order valence-corrected chi connectivity index (χ4v) is 6.50. The average molecular weight is 551 g/mol. The first kappa shape index (κ1) is 29.1. The molecule has 1 N–H and O–H groups in total. The first-order chi connectivity index (χ1) is 19.4. The van der Waals surface area contributed by atoms with E-state index in [1.165, 1.54) is 17.5 Å². The lowest BCUT2D eigenvalue weighted by Gasteiger charge is -2.38. The van der Waals surface area contributed by atoms with E-state index in [1.54, 1.807) is 7.11 Å². The Hall–Kier alpha value is -2.39. The Morgan fingerprint density at radius 3 is 2.70 bits per heavy atom. The standard InChI is InChI=1S/C32H46N4O4/c1-21-7-5-8-24(19-21)29-10-6-9-26(40-29)11-12-27-22(2)31(34-23(3)33-27)32(37)36-16-13-25(14-17-36)35-28-15-18-39-20-30(28)38-4/h5,7-8,19,25-26,28-30,35H,6,9-18,20H2,1-4H3/t26-,28+,29+,30-/m1/s1. The highest BCUT2D eigenvalue weighted by atomic mass is 16.5. The second kappa shape index (κ2) is 13.5. The lowest BCUT2D eigenvalue weighted by Crippen LogP contribution is -2.54. The number of likely N-dealkylation sites (tertiary alicyclic amines) is 1. The van der Waals surface area contributed by atoms with Gasteiger partial charge in [-0.2, -0.15) is 0 Å². The number of benzene rings is 1. The predicted molar refractivity (Wildman–Crippen MR) is 155 cm³/mol. The molecular formula is C32H46N4O4. The highest BCUT2D eigenvalue weighted by molar-refractivity contribution is 5.94. The highest BCUT2D eigenvalue weighted by Gasteiger charge is 2.31. The third-order valence-electron chi connectivity index (χ3n) is 8.87. The van der Waals surface area contributed by atoms with Crippen molar-refractivity contribution in [2.24, 2.45) is 0 Å². The predicted octanol–water partition coefficient (Wildman–Crippen LogP) is 4.64. The van der Waals surface area contributed by atoms with Crippen LogP contribution in [-0.4, -0.2) is 78.5 Å². The van der Waals surface area contributed by atoms with E-state index in [9.17, 15) is 4.79 Å². The van der Waals surface area contributed by atoms with Crippen LogP contribution in [0, 0.1) is 20.8 Å². The van der Waals surface area contributed by atoms with E-state index >= 15 is 0 Å². The Kier molecular flexibility index (Phi) is 9.84. The van der Waals surface area contributed by atoms with Gasteiger partial charge < -0.3 is 24.4 Å². The molecule has 1 amide bonds. The van der Waals surface area contributed by atoms with Gasteiger partial charge in [0, 0.05) is 50.1 Å². The number of nitrogens with zero attached hydrogens (tertiary/aromatic N) is 3. The minimum Gasteiger partial charge on any atom is -0.379 e. The van der Waals surface area contributed by atoms with Crippen LogP contribution in [0.2, 0.25) is 0 Å². The van der Waals surface area contributed by atoms with Crippen molar-refractivity contribution in [3.63, 3.8) is 0 Å². The minimum absolute atomic E-state index is 0.0250. The maximum Gasteiger partial charge on any atom is 0.272 e. The molecule has 3 saturated heterocycles. The zero-order valence-corrected chi connectivity index (χ0v) is 24.7. The van der Waals surface area contributed by atoms with Crippen LogP contribution in [0.3, 0.4) is 0 Å². The van der Waals surface area contributed by atoms with Gasteiger partial charge in [-0.1, -0.05) is 29.8 Å². The molecule has 3 aliphatic rings. The monoisotopic (exact) mass is 550 g/mol. The van der Waals surface area contributed by atoms with E-state index in [0.29, 0.717) is 30.2 Å². The number of rotatable bonds is 8. The van der Waals surface area contributed by atoms with Gasteiger partial charge in [-0.3, -0.25) is 4.79 Å². The van der Waals surface area contributed by atoms with Gasteiger partial charge in [-0.05, 0) is 77.7 Å². The van der Waals surface area contributed by atoms with Crippen molar-refractivity contribution in [2.45, 2.75) is 103 Å². The Balaban J connectivity index is 1.17. The molecule has 0 spiro atoms. The van der Waals surface area contributed by atoms with Crippen molar-refractivity contribution in [3.8, 4) is 0 Å². The zero-order valence-electron chi connectivity index (χ0n) is 24.7. The van der Waals surface area contributed by atoms with Gasteiger partial charge in [0.1, 0.15) is 11.5 Å². The van der Waals surface area contributed by atoms with Gasteiger partial charge in [0.15, 0.2) is 0 Å². The van der Waals surface area contributed by atoms with Gasteiger partial charge >= 0.3 is 0 Å². The van der Waals surface area contributed by atoms with Crippen LogP contribution in [-0.2, 0) is 20.6 Å². The molecule has 1 aromatic carbocycles. The van der Waals surface area contributed by atoms with Gasteiger partial charge in [-0.25, -0.2) is 9.97 Å². The molecule has 0 unspecified atom stereocenters. The van der Waals surface area contributed by atoms with Crippen molar-refractivity contribution in [1.82, 2.24) is 20.2 Å². The summed E-state index contributed by atoms with van der Waals surface area (Å²) in [6.45, 7) is 8.89. The smallest absolute Gasteiger partial charge is 0.272 e. The molecule has 4 atom stereocenters. The summed E-state index contributed by atoms with van der Waals surface area (Å²) in [6, 6.07) is 9.35. The van der Waals surface area contributed by atoms with Crippen molar-refractivity contribution in [1.29, 1.82) is 0 Å². The fraction of sp³-hybridized carbons (Fsp3) is 0.656. The maximum atomic E-state index is 13.6. The number of amides is 1. The lowest BCUT2D eigenvalue weighted by molar-refractivity contribution is -0.0547. The summed E-state index contributed by atoms with van der Waals surface area (Å²) in [5.41, 5.74) is 4.98. The molecular weight excluding hydrogens is 504 g/mol. The van der Waals surface area contributed by atoms with Crippen molar-refractivity contribution >= 4 is 5.91 Å². The first-order valence-corrected chi connectivity index (χ1v) is 15.1. The summed E-state index contributed by atoms with van der Waals surface area (Å²) >= 11 is 0. The van der Waals surface area contributed by atoms with E-state index in [1.807, 2.05) is 18.7 Å². The molecule has 4 heterocycles. The number of ether oxygens (including phenoxy) is 3. The number of nitrogens with one attached hydrogen (secondary N) is 1. The van der Waals surface area contributed by atoms with Gasteiger partial charge in [0.2, 0.25) is 0 Å². The summed E-state index contributed by atoms with van der Waals surface area (Å²) < 4.78 is 17.7. The lowest BCUT2D eigenvalue weighted by atomic mass is 9.95. The van der Waals surface area contributed by atoms with Crippen LogP contribution in [0.1, 0.15) is 89.7 Å². The van der Waals surface area contributed by atoms with Crippen molar-refractivity contribution < 1.29 is 19.0 Å². The largest absolute Gasteiger partial charge is 0.379 e. The number of aromatic nitrogens is 2. The van der Waals surface area contributed by atoms with Crippen LogP contribution < -0.4 is 5.32 Å². The number of hydrogen-bond acceptors (Lipinski definition) is 7. The topological polar surface area (TPSA) is 85.8 Å². The molecule has 5 rings (SSSR count). The molecule has 1 aromatic heterocycles.